The fourth-order valence-corrected chi connectivity index (χ4v) is 5.15. The summed E-state index contributed by atoms with van der Waals surface area (Å²) >= 11 is 0. The fraction of sp³-hybridized carbons (Fsp3) is 0.636. The topological polar surface area (TPSA) is 112 Å². The van der Waals surface area contributed by atoms with Gasteiger partial charge in [0.15, 0.2) is 0 Å². The van der Waals surface area contributed by atoms with Crippen molar-refractivity contribution in [1.29, 1.82) is 0 Å². The summed E-state index contributed by atoms with van der Waals surface area (Å²) in [5, 5.41) is 17.6. The molecule has 1 aliphatic rings. The van der Waals surface area contributed by atoms with Gasteiger partial charge in [0.25, 0.3) is 0 Å². The van der Waals surface area contributed by atoms with E-state index in [4.69, 9.17) is 29.2 Å². The summed E-state index contributed by atoms with van der Waals surface area (Å²) in [6, 6.07) is 6.54. The van der Waals surface area contributed by atoms with Gasteiger partial charge in [0.1, 0.15) is 0 Å². The van der Waals surface area contributed by atoms with Crippen molar-refractivity contribution in [3.05, 3.63) is 59.2 Å². The van der Waals surface area contributed by atoms with Gasteiger partial charge in [-0.2, -0.15) is 0 Å². The monoisotopic (exact) mass is 574 g/mol. The Hall–Kier alpha value is -2.52. The van der Waals surface area contributed by atoms with E-state index in [-0.39, 0.29) is 64.0 Å². The van der Waals surface area contributed by atoms with Gasteiger partial charge in [-0.05, 0) is 54.2 Å². The standard InChI is InChI=1S/C33H50O8/c1-4-5-6-7-27-8-10-30(11-9-27)31-21-28(12-16-40-32(36)25(2)23-38-18-14-34)20-29(22-31)13-17-41-33(37)26(3)24-39-19-15-35/h20-22,27,30,34-35H,2-19,23-24H2,1H3. The first-order valence-electron chi connectivity index (χ1n) is 15.1. The van der Waals surface area contributed by atoms with Gasteiger partial charge in [0.2, 0.25) is 0 Å². The molecule has 0 aliphatic heterocycles. The second-order valence-electron chi connectivity index (χ2n) is 10.8. The zero-order valence-electron chi connectivity index (χ0n) is 24.9. The summed E-state index contributed by atoms with van der Waals surface area (Å²) in [5.41, 5.74) is 3.88. The largest absolute Gasteiger partial charge is 0.462 e. The lowest BCUT2D eigenvalue weighted by Crippen LogP contribution is -2.16. The van der Waals surface area contributed by atoms with E-state index in [1.165, 1.54) is 56.9 Å². The van der Waals surface area contributed by atoms with Crippen molar-refractivity contribution in [3.63, 3.8) is 0 Å². The van der Waals surface area contributed by atoms with Crippen LogP contribution < -0.4 is 0 Å². The second kappa shape index (κ2) is 20.4. The van der Waals surface area contributed by atoms with Gasteiger partial charge in [-0.3, -0.25) is 0 Å². The number of aliphatic hydroxyl groups is 2. The van der Waals surface area contributed by atoms with Crippen LogP contribution in [0.25, 0.3) is 0 Å². The van der Waals surface area contributed by atoms with Crippen LogP contribution in [0.5, 0.6) is 0 Å². The van der Waals surface area contributed by atoms with Crippen molar-refractivity contribution < 1.29 is 38.7 Å². The van der Waals surface area contributed by atoms with Crippen LogP contribution in [0.3, 0.4) is 0 Å². The number of carbonyl (C=O) groups excluding carboxylic acids is 2. The maximum Gasteiger partial charge on any atom is 0.335 e. The smallest absolute Gasteiger partial charge is 0.335 e. The average molecular weight is 575 g/mol. The molecule has 1 fully saturated rings. The van der Waals surface area contributed by atoms with Crippen molar-refractivity contribution in [1.82, 2.24) is 0 Å². The Morgan fingerprint density at radius 1 is 0.780 bits per heavy atom. The predicted octanol–water partition coefficient (Wildman–Crippen LogP) is 4.84. The first-order valence-corrected chi connectivity index (χ1v) is 15.1. The number of benzene rings is 1. The first kappa shape index (κ1) is 34.7. The zero-order valence-corrected chi connectivity index (χ0v) is 24.9. The minimum atomic E-state index is -0.504. The van der Waals surface area contributed by atoms with E-state index < -0.39 is 11.9 Å². The average Bonchev–Trinajstić information content (AvgIpc) is 2.97. The van der Waals surface area contributed by atoms with E-state index in [0.29, 0.717) is 18.8 Å². The van der Waals surface area contributed by atoms with Crippen LogP contribution in [-0.2, 0) is 41.4 Å². The summed E-state index contributed by atoms with van der Waals surface area (Å²) in [6.45, 7) is 10.2. The molecule has 8 heteroatoms. The van der Waals surface area contributed by atoms with Crippen molar-refractivity contribution in [2.75, 3.05) is 52.9 Å². The van der Waals surface area contributed by atoms with Crippen molar-refractivity contribution in [2.24, 2.45) is 5.92 Å². The van der Waals surface area contributed by atoms with Crippen LogP contribution in [0.2, 0.25) is 0 Å². The number of esters is 2. The number of aliphatic hydroxyl groups excluding tert-OH is 2. The van der Waals surface area contributed by atoms with Gasteiger partial charge in [-0.15, -0.1) is 0 Å². The molecule has 0 saturated heterocycles. The van der Waals surface area contributed by atoms with E-state index in [9.17, 15) is 9.59 Å². The number of rotatable bonds is 21. The molecule has 0 bridgehead atoms. The Bertz CT molecular complexity index is 890. The van der Waals surface area contributed by atoms with Gasteiger partial charge < -0.3 is 29.2 Å². The van der Waals surface area contributed by atoms with Crippen LogP contribution in [0.4, 0.5) is 0 Å². The molecule has 2 N–H and O–H groups in total. The number of hydrogen-bond acceptors (Lipinski definition) is 8. The first-order chi connectivity index (χ1) is 19.9. The number of ether oxygens (including phenoxy) is 4. The highest BCUT2D eigenvalue weighted by Gasteiger charge is 2.23. The maximum absolute atomic E-state index is 12.2. The number of carbonyl (C=O) groups is 2. The third-order valence-electron chi connectivity index (χ3n) is 7.46. The SMILES string of the molecule is C=C(COCCO)C(=O)OCCc1cc(CCOC(=O)C(=C)COCCO)cc(C2CCC(CCCCC)CC2)c1. The van der Waals surface area contributed by atoms with Crippen LogP contribution in [0.1, 0.15) is 80.9 Å². The van der Waals surface area contributed by atoms with Crippen molar-refractivity contribution in [2.45, 2.75) is 77.0 Å². The van der Waals surface area contributed by atoms with E-state index in [0.717, 1.165) is 17.0 Å². The zero-order chi connectivity index (χ0) is 29.9. The van der Waals surface area contributed by atoms with E-state index in [1.54, 1.807) is 0 Å². The van der Waals surface area contributed by atoms with Gasteiger partial charge in [0.05, 0.1) is 64.0 Å². The molecule has 0 heterocycles. The minimum Gasteiger partial charge on any atom is -0.462 e. The molecule has 0 radical (unpaired) electrons. The van der Waals surface area contributed by atoms with Gasteiger partial charge in [-0.1, -0.05) is 64.0 Å². The second-order valence-corrected chi connectivity index (χ2v) is 10.8. The molecular weight excluding hydrogens is 524 g/mol. The molecule has 230 valence electrons. The quantitative estimate of drug-likeness (QED) is 0.122. The summed E-state index contributed by atoms with van der Waals surface area (Å²) in [5.74, 6) is 0.308. The Morgan fingerprint density at radius 3 is 1.76 bits per heavy atom. The molecule has 1 aromatic carbocycles. The molecular formula is C33H50O8. The molecule has 41 heavy (non-hydrogen) atoms. The Balaban J connectivity index is 1.99. The molecule has 1 aliphatic carbocycles. The van der Waals surface area contributed by atoms with Crippen LogP contribution in [-0.4, -0.2) is 75.0 Å². The summed E-state index contributed by atoms with van der Waals surface area (Å²) in [7, 11) is 0. The molecule has 0 spiro atoms. The summed E-state index contributed by atoms with van der Waals surface area (Å²) < 4.78 is 21.1. The molecule has 0 unspecified atom stereocenters. The lowest BCUT2D eigenvalue weighted by atomic mass is 9.76. The summed E-state index contributed by atoms with van der Waals surface area (Å²) in [4.78, 5) is 24.5. The summed E-state index contributed by atoms with van der Waals surface area (Å²) in [6.07, 6.45) is 11.2. The minimum absolute atomic E-state index is 0.0266. The molecule has 8 nitrogen and oxygen atoms in total. The third kappa shape index (κ3) is 13.8. The van der Waals surface area contributed by atoms with E-state index in [1.807, 2.05) is 0 Å². The normalized spacial score (nSPS) is 16.8. The molecule has 1 saturated carbocycles. The molecule has 0 atom stereocenters. The fourth-order valence-electron chi connectivity index (χ4n) is 5.15. The van der Waals surface area contributed by atoms with Crippen molar-refractivity contribution in [3.8, 4) is 0 Å². The molecule has 0 aromatic heterocycles. The highest BCUT2D eigenvalue weighted by Crippen LogP contribution is 2.38. The number of unbranched alkanes of at least 4 members (excludes halogenated alkanes) is 2. The van der Waals surface area contributed by atoms with Crippen LogP contribution >= 0.6 is 0 Å². The highest BCUT2D eigenvalue weighted by atomic mass is 16.5. The third-order valence-corrected chi connectivity index (χ3v) is 7.46. The predicted molar refractivity (Wildman–Crippen MR) is 159 cm³/mol. The van der Waals surface area contributed by atoms with Crippen molar-refractivity contribution >= 4 is 11.9 Å². The molecule has 1 aromatic rings. The van der Waals surface area contributed by atoms with Gasteiger partial charge in [-0.25, -0.2) is 9.59 Å². The Morgan fingerprint density at radius 2 is 1.29 bits per heavy atom. The van der Waals surface area contributed by atoms with Gasteiger partial charge in [0, 0.05) is 12.8 Å². The molecule has 2 rings (SSSR count). The highest BCUT2D eigenvalue weighted by molar-refractivity contribution is 5.88. The van der Waals surface area contributed by atoms with Crippen LogP contribution in [0.15, 0.2) is 42.5 Å². The lowest BCUT2D eigenvalue weighted by Gasteiger charge is -2.29. The van der Waals surface area contributed by atoms with Crippen LogP contribution in [0, 0.1) is 5.92 Å². The molecule has 0 amide bonds. The van der Waals surface area contributed by atoms with E-state index in [2.05, 4.69) is 38.3 Å². The Kier molecular flexibility index (Phi) is 17.2. The Labute approximate surface area is 245 Å². The number of hydrogen-bond donors (Lipinski definition) is 2. The lowest BCUT2D eigenvalue weighted by molar-refractivity contribution is -0.140. The van der Waals surface area contributed by atoms with Gasteiger partial charge >= 0.3 is 11.9 Å². The van der Waals surface area contributed by atoms with E-state index >= 15 is 0 Å². The maximum atomic E-state index is 12.2.